The number of benzene rings is 1. The first-order chi connectivity index (χ1) is 21.7. The molecule has 1 aromatic heterocycles. The number of H-pyrrole nitrogens is 1. The van der Waals surface area contributed by atoms with E-state index in [1.54, 1.807) is 0 Å². The van der Waals surface area contributed by atoms with E-state index in [2.05, 4.69) is 61.2 Å². The van der Waals surface area contributed by atoms with Crippen LogP contribution in [0, 0.1) is 5.92 Å². The summed E-state index contributed by atoms with van der Waals surface area (Å²) in [6.45, 7) is 15.4. The van der Waals surface area contributed by atoms with Crippen LogP contribution in [0.3, 0.4) is 0 Å². The van der Waals surface area contributed by atoms with Crippen molar-refractivity contribution in [1.82, 2.24) is 15.6 Å². The average molecular weight is 641 g/mol. The topological polar surface area (TPSA) is 156 Å². The normalized spacial score (nSPS) is 28.1. The molecule has 1 aromatic carbocycles. The molecule has 4 rings (SSSR count). The number of carbonyl (C=O) groups is 2. The maximum Gasteiger partial charge on any atom is 0.243 e. The molecule has 0 aliphatic carbocycles. The Morgan fingerprint density at radius 3 is 2.59 bits per heavy atom. The molecule has 0 saturated carbocycles. The number of nitrogens with one attached hydrogen (secondary N) is 3. The van der Waals surface area contributed by atoms with Crippen molar-refractivity contribution in [2.24, 2.45) is 5.92 Å². The van der Waals surface area contributed by atoms with E-state index in [1.807, 2.05) is 38.1 Å². The number of hydrogen-bond donors (Lipinski definition) is 6. The van der Waals surface area contributed by atoms with Crippen LogP contribution in [0.2, 0.25) is 0 Å². The largest absolute Gasteiger partial charge is 0.394 e. The first-order valence-corrected chi connectivity index (χ1v) is 16.2. The van der Waals surface area contributed by atoms with Crippen LogP contribution in [-0.2, 0) is 30.9 Å². The van der Waals surface area contributed by atoms with Crippen molar-refractivity contribution >= 4 is 28.4 Å². The van der Waals surface area contributed by atoms with Crippen molar-refractivity contribution < 1.29 is 34.4 Å². The molecule has 2 aliphatic heterocycles. The van der Waals surface area contributed by atoms with Gasteiger partial charge >= 0.3 is 0 Å². The van der Waals surface area contributed by atoms with E-state index in [0.717, 1.165) is 40.6 Å². The number of carbonyl (C=O) groups excluding carboxylic acids is 2. The summed E-state index contributed by atoms with van der Waals surface area (Å²) in [6, 6.07) is 2.19. The van der Waals surface area contributed by atoms with Crippen LogP contribution in [0.15, 0.2) is 42.6 Å². The van der Waals surface area contributed by atoms with Gasteiger partial charge in [0.1, 0.15) is 30.4 Å². The highest BCUT2D eigenvalue weighted by atomic mass is 16.7. The summed E-state index contributed by atoms with van der Waals surface area (Å²) in [7, 11) is 1.95. The van der Waals surface area contributed by atoms with E-state index in [1.165, 1.54) is 12.5 Å². The third-order valence-electron chi connectivity index (χ3n) is 9.40. The highest BCUT2D eigenvalue weighted by Gasteiger charge is 2.46. The van der Waals surface area contributed by atoms with E-state index in [4.69, 9.17) is 9.47 Å². The minimum atomic E-state index is -1.43. The molecular formula is C35H52N4O7. The number of likely N-dealkylation sites (N-methyl/N-ethyl adjacent to an activating group) is 1. The molecule has 2 amide bonds. The lowest BCUT2D eigenvalue weighted by atomic mass is 9.77. The zero-order valence-electron chi connectivity index (χ0n) is 28.2. The van der Waals surface area contributed by atoms with Gasteiger partial charge in [-0.1, -0.05) is 44.6 Å². The molecule has 0 radical (unpaired) electrons. The summed E-state index contributed by atoms with van der Waals surface area (Å²) in [5, 5.41) is 37.7. The number of aliphatic hydroxyl groups excluding tert-OH is 3. The highest BCUT2D eigenvalue weighted by molar-refractivity contribution is 6.00. The predicted molar refractivity (Wildman–Crippen MR) is 178 cm³/mol. The fourth-order valence-corrected chi connectivity index (χ4v) is 6.84. The number of aromatic nitrogens is 1. The zero-order valence-corrected chi connectivity index (χ0v) is 28.2. The van der Waals surface area contributed by atoms with Crippen molar-refractivity contribution in [2.45, 2.75) is 109 Å². The predicted octanol–water partition coefficient (Wildman–Crippen LogP) is 2.82. The third-order valence-corrected chi connectivity index (χ3v) is 9.40. The first-order valence-electron chi connectivity index (χ1n) is 16.2. The number of aliphatic hydroxyl groups is 3. The molecule has 3 heterocycles. The standard InChI is InChI=1S/C35H52N4O7/c1-9-35(7,14-10-11-19(2)3)24-12-13-25-27-22(16-36-28(24)27)15-23(38-33(44)30(20(4)5)39(25)8)18-45-34-29(37-21(6)41)32(43)31(42)26(17-40)46-34/h9,11-13,16,20,23,26,29-32,34,36,40,42-43H,1,10,14-15,17-18H2,2-8H3,(H,37,41)(H,38,44)/t23-,26+,29+,30+,31+,32+,34+,35?/m0/s1. The molecule has 46 heavy (non-hydrogen) atoms. The molecule has 2 aromatic rings. The van der Waals surface area contributed by atoms with Gasteiger partial charge in [0, 0.05) is 36.7 Å². The van der Waals surface area contributed by atoms with Crippen molar-refractivity contribution in [1.29, 1.82) is 0 Å². The molecule has 1 saturated heterocycles. The molecule has 0 bridgehead atoms. The molecule has 2 aliphatic rings. The quantitative estimate of drug-likeness (QED) is 0.205. The number of anilines is 1. The number of aromatic amines is 1. The van der Waals surface area contributed by atoms with Crippen LogP contribution in [0.25, 0.3) is 10.9 Å². The Balaban J connectivity index is 1.73. The lowest BCUT2D eigenvalue weighted by Gasteiger charge is -2.42. The SMILES string of the molecule is C=CC(C)(CCC=C(C)C)c1ccc2c3c(c[nH]c13)C[C@@H](CO[C@@H]1O[C@H](CO)[C@@H](O)[C@H](O)[C@H]1NC(C)=O)NC(=O)[C@@H](C(C)C)N2C. The van der Waals surface area contributed by atoms with Gasteiger partial charge < -0.3 is 45.3 Å². The smallest absolute Gasteiger partial charge is 0.243 e. The van der Waals surface area contributed by atoms with Gasteiger partial charge in [-0.15, -0.1) is 6.58 Å². The molecule has 1 unspecified atom stereocenters. The minimum Gasteiger partial charge on any atom is -0.394 e. The van der Waals surface area contributed by atoms with Gasteiger partial charge in [-0.05, 0) is 56.2 Å². The monoisotopic (exact) mass is 640 g/mol. The fourth-order valence-electron chi connectivity index (χ4n) is 6.84. The molecule has 0 spiro atoms. The fraction of sp³-hybridized carbons (Fsp3) is 0.600. The van der Waals surface area contributed by atoms with Crippen LogP contribution >= 0.6 is 0 Å². The molecule has 254 valence electrons. The highest BCUT2D eigenvalue weighted by Crippen LogP contribution is 2.41. The number of hydrogen-bond acceptors (Lipinski definition) is 8. The number of nitrogens with zero attached hydrogens (tertiary/aromatic N) is 1. The lowest BCUT2D eigenvalue weighted by molar-refractivity contribution is -0.271. The van der Waals surface area contributed by atoms with E-state index < -0.39 is 55.2 Å². The number of rotatable bonds is 11. The summed E-state index contributed by atoms with van der Waals surface area (Å²) in [5.41, 5.74) is 5.05. The molecule has 1 fully saturated rings. The molecular weight excluding hydrogens is 588 g/mol. The van der Waals surface area contributed by atoms with Crippen LogP contribution in [0.5, 0.6) is 0 Å². The maximum absolute atomic E-state index is 13.8. The van der Waals surface area contributed by atoms with Crippen LogP contribution in [-0.4, -0.2) is 95.1 Å². The molecule has 6 N–H and O–H groups in total. The molecule has 11 heteroatoms. The van der Waals surface area contributed by atoms with E-state index >= 15 is 0 Å². The van der Waals surface area contributed by atoms with Crippen molar-refractivity contribution in [3.8, 4) is 0 Å². The van der Waals surface area contributed by atoms with Crippen LogP contribution < -0.4 is 15.5 Å². The van der Waals surface area contributed by atoms with Gasteiger partial charge in [0.2, 0.25) is 11.8 Å². The van der Waals surface area contributed by atoms with Crippen LogP contribution in [0.1, 0.15) is 65.5 Å². The second kappa shape index (κ2) is 14.7. The second-order valence-electron chi connectivity index (χ2n) is 13.6. The van der Waals surface area contributed by atoms with Gasteiger partial charge in [-0.2, -0.15) is 0 Å². The summed E-state index contributed by atoms with van der Waals surface area (Å²) in [5.74, 6) is -0.609. The summed E-state index contributed by atoms with van der Waals surface area (Å²) < 4.78 is 11.9. The number of ether oxygens (including phenoxy) is 2. The Morgan fingerprint density at radius 2 is 1.98 bits per heavy atom. The van der Waals surface area contributed by atoms with Crippen molar-refractivity contribution in [3.63, 3.8) is 0 Å². The van der Waals surface area contributed by atoms with Crippen LogP contribution in [0.4, 0.5) is 5.69 Å². The first kappa shape index (κ1) is 35.6. The molecule has 11 nitrogen and oxygen atoms in total. The Morgan fingerprint density at radius 1 is 1.26 bits per heavy atom. The van der Waals surface area contributed by atoms with Gasteiger partial charge in [0.05, 0.1) is 24.8 Å². The van der Waals surface area contributed by atoms with Gasteiger partial charge in [-0.25, -0.2) is 0 Å². The Bertz CT molecular complexity index is 1430. The number of allylic oxidation sites excluding steroid dienone is 3. The average Bonchev–Trinajstić information content (AvgIpc) is 3.42. The third kappa shape index (κ3) is 7.34. The van der Waals surface area contributed by atoms with E-state index in [0.29, 0.717) is 6.42 Å². The Hall–Kier alpha value is -3.22. The Labute approximate surface area is 272 Å². The van der Waals surface area contributed by atoms with Gasteiger partial charge in [-0.3, -0.25) is 9.59 Å². The molecule has 8 atom stereocenters. The maximum atomic E-state index is 13.8. The lowest BCUT2D eigenvalue weighted by Crippen LogP contribution is -2.65. The summed E-state index contributed by atoms with van der Waals surface area (Å²) in [4.78, 5) is 31.4. The van der Waals surface area contributed by atoms with E-state index in [9.17, 15) is 24.9 Å². The summed E-state index contributed by atoms with van der Waals surface area (Å²) >= 11 is 0. The second-order valence-corrected chi connectivity index (χ2v) is 13.6. The van der Waals surface area contributed by atoms with Gasteiger partial charge in [0.25, 0.3) is 0 Å². The van der Waals surface area contributed by atoms with Crippen molar-refractivity contribution in [3.05, 3.63) is 53.8 Å². The minimum absolute atomic E-state index is 0.0166. The van der Waals surface area contributed by atoms with Gasteiger partial charge in [0.15, 0.2) is 6.29 Å². The zero-order chi connectivity index (χ0) is 33.9. The van der Waals surface area contributed by atoms with Crippen molar-refractivity contribution in [2.75, 3.05) is 25.2 Å². The number of amides is 2. The summed E-state index contributed by atoms with van der Waals surface area (Å²) in [6.07, 6.45) is 3.34. The Kier molecular flexibility index (Phi) is 11.4. The van der Waals surface area contributed by atoms with E-state index in [-0.39, 0.29) is 23.8 Å².